The number of nitrogens with zero attached hydrogens (tertiary/aromatic N) is 4. The van der Waals surface area contributed by atoms with Crippen molar-refractivity contribution in [1.82, 2.24) is 18.9 Å². The Balaban J connectivity index is 1.15. The van der Waals surface area contributed by atoms with Crippen LogP contribution >= 0.6 is 0 Å². The molecule has 4 aromatic heterocycles. The summed E-state index contributed by atoms with van der Waals surface area (Å²) in [5.74, 6) is 4.13. The van der Waals surface area contributed by atoms with Gasteiger partial charge in [0.2, 0.25) is 0 Å². The largest absolute Gasteiger partial charge is 0.457 e. The van der Waals surface area contributed by atoms with Gasteiger partial charge in [0.05, 0.1) is 16.6 Å². The molecule has 224 valence electrons. The molecule has 5 heterocycles. The molecule has 0 bridgehead atoms. The minimum Gasteiger partial charge on any atom is -0.457 e. The van der Waals surface area contributed by atoms with Gasteiger partial charge in [0, 0.05) is 62.7 Å². The number of para-hydroxylation sites is 2. The van der Waals surface area contributed by atoms with Crippen LogP contribution in [0.5, 0.6) is 23.0 Å². The average molecular weight is 609 g/mol. The van der Waals surface area contributed by atoms with Crippen LogP contribution in [0.15, 0.2) is 134 Å². The van der Waals surface area contributed by atoms with E-state index in [1.165, 1.54) is 10.9 Å². The van der Waals surface area contributed by atoms with Gasteiger partial charge in [-0.1, -0.05) is 56.3 Å². The van der Waals surface area contributed by atoms with Crippen LogP contribution in [0.2, 0.25) is 0 Å². The van der Waals surface area contributed by atoms with E-state index < -0.39 is 0 Å². The Bertz CT molecular complexity index is 2720. The van der Waals surface area contributed by atoms with E-state index in [-0.39, 0.29) is 5.41 Å². The number of imidazole rings is 1. The number of benzene rings is 5. The zero-order valence-electron chi connectivity index (χ0n) is 25.8. The third-order valence-corrected chi connectivity index (χ3v) is 9.73. The van der Waals surface area contributed by atoms with Crippen LogP contribution in [-0.2, 0) is 5.41 Å². The average Bonchev–Trinajstić information content (AvgIpc) is 3.72. The van der Waals surface area contributed by atoms with Crippen molar-refractivity contribution in [2.45, 2.75) is 19.3 Å². The van der Waals surface area contributed by atoms with E-state index in [4.69, 9.17) is 19.4 Å². The second kappa shape index (κ2) is 9.44. The first-order valence-electron chi connectivity index (χ1n) is 15.8. The van der Waals surface area contributed by atoms with Gasteiger partial charge in [-0.3, -0.25) is 8.97 Å². The highest BCUT2D eigenvalue weighted by atomic mass is 16.5. The molecule has 10 rings (SSSR count). The zero-order chi connectivity index (χ0) is 31.3. The minimum absolute atomic E-state index is 0.236. The Morgan fingerprint density at radius 3 is 2.23 bits per heavy atom. The van der Waals surface area contributed by atoms with Crippen LogP contribution in [0, 0.1) is 0 Å². The van der Waals surface area contributed by atoms with Crippen molar-refractivity contribution in [2.75, 3.05) is 0 Å². The number of pyridine rings is 2. The Morgan fingerprint density at radius 2 is 1.34 bits per heavy atom. The van der Waals surface area contributed by atoms with Crippen molar-refractivity contribution in [3.8, 4) is 28.8 Å². The van der Waals surface area contributed by atoms with Crippen molar-refractivity contribution >= 4 is 49.1 Å². The summed E-state index contributed by atoms with van der Waals surface area (Å²) in [5.41, 5.74) is 6.22. The Hall–Kier alpha value is -6.14. The summed E-state index contributed by atoms with van der Waals surface area (Å²) in [4.78, 5) is 9.48. The van der Waals surface area contributed by atoms with Gasteiger partial charge < -0.3 is 9.47 Å². The molecule has 0 N–H and O–H groups in total. The molecule has 0 fully saturated rings. The molecule has 0 saturated heterocycles. The summed E-state index contributed by atoms with van der Waals surface area (Å²) >= 11 is 0. The maximum atomic E-state index is 6.60. The van der Waals surface area contributed by atoms with Crippen molar-refractivity contribution in [3.05, 3.63) is 145 Å². The second-order valence-corrected chi connectivity index (χ2v) is 12.7. The number of hydrogen-bond acceptors (Lipinski definition) is 4. The number of ether oxygens (including phenoxy) is 2. The third-order valence-electron chi connectivity index (χ3n) is 9.73. The molecule has 0 radical (unpaired) electrons. The van der Waals surface area contributed by atoms with Gasteiger partial charge in [0.1, 0.15) is 34.5 Å². The molecule has 0 aliphatic carbocycles. The molecule has 0 amide bonds. The van der Waals surface area contributed by atoms with Gasteiger partial charge >= 0.3 is 0 Å². The van der Waals surface area contributed by atoms with Crippen LogP contribution in [0.25, 0.3) is 54.9 Å². The predicted molar refractivity (Wildman–Crippen MR) is 187 cm³/mol. The van der Waals surface area contributed by atoms with E-state index in [2.05, 4.69) is 102 Å². The second-order valence-electron chi connectivity index (χ2n) is 12.7. The Morgan fingerprint density at radius 1 is 0.574 bits per heavy atom. The lowest BCUT2D eigenvalue weighted by molar-refractivity contribution is 0.419. The van der Waals surface area contributed by atoms with E-state index in [1.807, 2.05) is 55.0 Å². The number of hydrogen-bond donors (Lipinski definition) is 0. The van der Waals surface area contributed by atoms with Gasteiger partial charge in [-0.25, -0.2) is 9.97 Å². The van der Waals surface area contributed by atoms with Gasteiger partial charge in [-0.2, -0.15) is 0 Å². The fraction of sp³-hybridized carbons (Fsp3) is 0.0732. The van der Waals surface area contributed by atoms with Crippen molar-refractivity contribution in [3.63, 3.8) is 0 Å². The number of aromatic nitrogens is 4. The summed E-state index contributed by atoms with van der Waals surface area (Å²) in [7, 11) is 0. The Kier molecular flexibility index (Phi) is 5.24. The fourth-order valence-electron chi connectivity index (χ4n) is 7.48. The van der Waals surface area contributed by atoms with Crippen LogP contribution in [0.3, 0.4) is 0 Å². The van der Waals surface area contributed by atoms with E-state index in [9.17, 15) is 0 Å². The van der Waals surface area contributed by atoms with Gasteiger partial charge in [0.25, 0.3) is 0 Å². The normalized spacial score (nSPS) is 13.7. The van der Waals surface area contributed by atoms with Gasteiger partial charge in [-0.05, 0) is 72.1 Å². The molecule has 1 aliphatic heterocycles. The minimum atomic E-state index is -0.236. The zero-order valence-corrected chi connectivity index (χ0v) is 25.8. The summed E-state index contributed by atoms with van der Waals surface area (Å²) in [6.07, 6.45) is 5.70. The quantitative estimate of drug-likeness (QED) is 0.187. The maximum absolute atomic E-state index is 6.60. The third kappa shape index (κ3) is 3.72. The molecule has 1 aliphatic rings. The van der Waals surface area contributed by atoms with Crippen molar-refractivity contribution in [1.29, 1.82) is 0 Å². The Labute approximate surface area is 270 Å². The van der Waals surface area contributed by atoms with E-state index in [0.717, 1.165) is 78.1 Å². The summed E-state index contributed by atoms with van der Waals surface area (Å²) < 4.78 is 17.5. The van der Waals surface area contributed by atoms with Gasteiger partial charge in [0.15, 0.2) is 0 Å². The van der Waals surface area contributed by atoms with Crippen LogP contribution < -0.4 is 9.47 Å². The van der Waals surface area contributed by atoms with Crippen LogP contribution in [0.1, 0.15) is 25.0 Å². The van der Waals surface area contributed by atoms with Crippen molar-refractivity contribution in [2.24, 2.45) is 0 Å². The summed E-state index contributed by atoms with van der Waals surface area (Å²) in [6.45, 7) is 4.53. The molecular weight excluding hydrogens is 580 g/mol. The lowest BCUT2D eigenvalue weighted by Crippen LogP contribution is -2.24. The van der Waals surface area contributed by atoms with E-state index in [1.54, 1.807) is 0 Å². The first-order valence-corrected chi connectivity index (χ1v) is 15.8. The molecule has 0 unspecified atom stereocenters. The molecule has 6 heteroatoms. The summed E-state index contributed by atoms with van der Waals surface area (Å²) in [6, 6.07) is 39.8. The van der Waals surface area contributed by atoms with Crippen molar-refractivity contribution < 1.29 is 9.47 Å². The van der Waals surface area contributed by atoms with E-state index in [0.29, 0.717) is 0 Å². The molecule has 5 aromatic carbocycles. The first-order chi connectivity index (χ1) is 23.0. The first kappa shape index (κ1) is 26.1. The topological polar surface area (TPSA) is 53.6 Å². The molecule has 0 atom stereocenters. The fourth-order valence-corrected chi connectivity index (χ4v) is 7.48. The molecule has 0 spiro atoms. The molecular formula is C41H28N4O2. The number of rotatable bonds is 3. The molecule has 47 heavy (non-hydrogen) atoms. The van der Waals surface area contributed by atoms with Crippen LogP contribution in [-0.4, -0.2) is 18.9 Å². The number of fused-ring (bicyclic) bond motifs is 11. The molecule has 0 saturated carbocycles. The smallest absolute Gasteiger partial charge is 0.145 e. The maximum Gasteiger partial charge on any atom is 0.145 e. The molecule has 9 aromatic rings. The lowest BCUT2D eigenvalue weighted by atomic mass is 9.75. The van der Waals surface area contributed by atoms with E-state index >= 15 is 0 Å². The summed E-state index contributed by atoms with van der Waals surface area (Å²) in [5, 5.41) is 5.58. The lowest BCUT2D eigenvalue weighted by Gasteiger charge is -2.34. The van der Waals surface area contributed by atoms with Crippen LogP contribution in [0.4, 0.5) is 0 Å². The predicted octanol–water partition coefficient (Wildman–Crippen LogP) is 10.4. The highest BCUT2D eigenvalue weighted by Gasteiger charge is 2.35. The highest BCUT2D eigenvalue weighted by Crippen LogP contribution is 2.50. The SMILES string of the molecule is CC1(C)c2ccccc2Oc2cc3c4ccc(Oc5ccc6c7ccccc7n7ccnc7c6c5)cc4n(-c4ccccn4)c3cc21. The molecule has 6 nitrogen and oxygen atoms in total. The standard InChI is InChI=1S/C41H28N4O2/c1-41(2)32-10-4-6-12-37(32)47-38-23-30-29-17-15-26(22-35(29)45(36(30)24-33(38)41)39-13-7-8-18-42-39)46-25-14-16-27-28-9-3-5-11-34(28)44-20-19-43-40(44)31(27)21-25/h3-24H,1-2H3. The monoisotopic (exact) mass is 608 g/mol. The van der Waals surface area contributed by atoms with Gasteiger partial charge in [-0.15, -0.1) is 0 Å². The highest BCUT2D eigenvalue weighted by molar-refractivity contribution is 6.12.